The third-order valence-corrected chi connectivity index (χ3v) is 6.71. The topological polar surface area (TPSA) is 113 Å². The van der Waals surface area contributed by atoms with Crippen LogP contribution in [0.25, 0.3) is 0 Å². The lowest BCUT2D eigenvalue weighted by molar-refractivity contribution is -0.129. The Morgan fingerprint density at radius 2 is 1.63 bits per heavy atom. The van der Waals surface area contributed by atoms with Crippen LogP contribution in [0.1, 0.15) is 37.2 Å². The quantitative estimate of drug-likeness (QED) is 0.577. The van der Waals surface area contributed by atoms with E-state index in [9.17, 15) is 18.0 Å². The summed E-state index contributed by atoms with van der Waals surface area (Å²) < 4.78 is 27.9. The Kier molecular flexibility index (Phi) is 8.13. The molecule has 30 heavy (non-hydrogen) atoms. The fraction of sp³-hybridized carbons (Fsp3) is 0.450. The van der Waals surface area contributed by atoms with Crippen molar-refractivity contribution in [2.75, 3.05) is 13.1 Å². The lowest BCUT2D eigenvalue weighted by atomic mass is 10.1. The van der Waals surface area contributed by atoms with Gasteiger partial charge in [0.1, 0.15) is 6.54 Å². The van der Waals surface area contributed by atoms with Crippen molar-refractivity contribution in [3.8, 4) is 0 Å². The molecule has 0 aliphatic carbocycles. The molecule has 164 valence electrons. The molecule has 0 aliphatic rings. The molecular formula is C20H29N5O4S. The molecule has 0 bridgehead atoms. The summed E-state index contributed by atoms with van der Waals surface area (Å²) >= 11 is 0. The third kappa shape index (κ3) is 6.14. The van der Waals surface area contributed by atoms with Gasteiger partial charge in [0.2, 0.25) is 15.9 Å². The molecule has 0 radical (unpaired) electrons. The van der Waals surface area contributed by atoms with Gasteiger partial charge in [0, 0.05) is 25.2 Å². The van der Waals surface area contributed by atoms with Crippen LogP contribution in [-0.2, 0) is 32.6 Å². The largest absolute Gasteiger partial charge is 0.273 e. The van der Waals surface area contributed by atoms with Crippen molar-refractivity contribution in [2.45, 2.75) is 52.0 Å². The molecule has 2 rings (SSSR count). The van der Waals surface area contributed by atoms with Gasteiger partial charge in [-0.15, -0.1) is 0 Å². The van der Waals surface area contributed by atoms with Crippen molar-refractivity contribution >= 4 is 21.8 Å². The summed E-state index contributed by atoms with van der Waals surface area (Å²) in [7, 11) is -3.50. The Balaban J connectivity index is 1.82. The van der Waals surface area contributed by atoms with Crippen LogP contribution in [0.3, 0.4) is 0 Å². The number of benzene rings is 1. The first-order valence-corrected chi connectivity index (χ1v) is 11.3. The highest BCUT2D eigenvalue weighted by Gasteiger charge is 2.21. The average molecular weight is 436 g/mol. The molecule has 2 N–H and O–H groups in total. The Bertz CT molecular complexity index is 979. The summed E-state index contributed by atoms with van der Waals surface area (Å²) in [4.78, 5) is 24.2. The molecule has 10 heteroatoms. The number of nitrogens with one attached hydrogen (secondary N) is 2. The maximum Gasteiger partial charge on any atom is 0.260 e. The number of rotatable bonds is 9. The van der Waals surface area contributed by atoms with E-state index in [0.717, 1.165) is 17.0 Å². The smallest absolute Gasteiger partial charge is 0.260 e. The number of carbonyl (C=O) groups is 2. The average Bonchev–Trinajstić information content (AvgIpc) is 3.02. The number of hydrogen-bond acceptors (Lipinski definition) is 5. The molecule has 9 nitrogen and oxygen atoms in total. The van der Waals surface area contributed by atoms with Gasteiger partial charge in [0.15, 0.2) is 0 Å². The van der Waals surface area contributed by atoms with E-state index < -0.39 is 10.0 Å². The van der Waals surface area contributed by atoms with E-state index in [-0.39, 0.29) is 29.7 Å². The zero-order valence-electron chi connectivity index (χ0n) is 17.8. The normalized spacial score (nSPS) is 11.5. The standard InChI is InChI=1S/C20H29N5O4S/c1-5-24(6-2)30(28,29)18-10-7-17(8-11-18)9-12-19(26)21-22-20(27)14-25-16(4)13-15(3)23-25/h7-8,10-11,13H,5-6,9,12,14H2,1-4H3,(H,21,26)(H,22,27). The lowest BCUT2D eigenvalue weighted by Gasteiger charge is -2.18. The minimum absolute atomic E-state index is 0.0163. The van der Waals surface area contributed by atoms with Crippen LogP contribution >= 0.6 is 0 Å². The first-order valence-electron chi connectivity index (χ1n) is 9.85. The Hall–Kier alpha value is -2.72. The maximum absolute atomic E-state index is 12.5. The lowest BCUT2D eigenvalue weighted by Crippen LogP contribution is -2.43. The monoisotopic (exact) mass is 435 g/mol. The number of aromatic nitrogens is 2. The van der Waals surface area contributed by atoms with E-state index in [1.807, 2.05) is 19.9 Å². The van der Waals surface area contributed by atoms with Gasteiger partial charge in [-0.2, -0.15) is 9.40 Å². The fourth-order valence-corrected chi connectivity index (χ4v) is 4.47. The molecule has 2 aromatic rings. The van der Waals surface area contributed by atoms with Gasteiger partial charge in [-0.05, 0) is 44.0 Å². The van der Waals surface area contributed by atoms with Crippen molar-refractivity contribution in [3.05, 3.63) is 47.3 Å². The fourth-order valence-electron chi connectivity index (χ4n) is 3.01. The van der Waals surface area contributed by atoms with Crippen molar-refractivity contribution in [2.24, 2.45) is 0 Å². The second kappa shape index (κ2) is 10.4. The summed E-state index contributed by atoms with van der Waals surface area (Å²) in [5.41, 5.74) is 7.27. The predicted octanol–water partition coefficient (Wildman–Crippen LogP) is 1.31. The predicted molar refractivity (Wildman–Crippen MR) is 113 cm³/mol. The maximum atomic E-state index is 12.5. The van der Waals surface area contributed by atoms with Gasteiger partial charge in [-0.1, -0.05) is 26.0 Å². The zero-order chi connectivity index (χ0) is 22.3. The number of nitrogens with zero attached hydrogens (tertiary/aromatic N) is 3. The van der Waals surface area contributed by atoms with E-state index >= 15 is 0 Å². The molecule has 0 saturated carbocycles. The van der Waals surface area contributed by atoms with E-state index in [2.05, 4.69) is 16.0 Å². The van der Waals surface area contributed by atoms with Crippen molar-refractivity contribution in [3.63, 3.8) is 0 Å². The van der Waals surface area contributed by atoms with E-state index in [1.165, 1.54) is 4.31 Å². The molecule has 1 heterocycles. The van der Waals surface area contributed by atoms with Crippen LogP contribution in [0.15, 0.2) is 35.2 Å². The molecule has 1 aromatic carbocycles. The highest BCUT2D eigenvalue weighted by molar-refractivity contribution is 7.89. The molecule has 0 atom stereocenters. The van der Waals surface area contributed by atoms with Gasteiger partial charge in [0.05, 0.1) is 10.6 Å². The van der Waals surface area contributed by atoms with Gasteiger partial charge < -0.3 is 0 Å². The van der Waals surface area contributed by atoms with Crippen LogP contribution in [0.4, 0.5) is 0 Å². The minimum atomic E-state index is -3.50. The molecule has 0 aliphatic heterocycles. The van der Waals surface area contributed by atoms with Gasteiger partial charge in [-0.25, -0.2) is 8.42 Å². The van der Waals surface area contributed by atoms with Crippen molar-refractivity contribution < 1.29 is 18.0 Å². The Morgan fingerprint density at radius 1 is 1.03 bits per heavy atom. The molecule has 0 spiro atoms. The number of hydrogen-bond donors (Lipinski definition) is 2. The summed E-state index contributed by atoms with van der Waals surface area (Å²) in [6.45, 7) is 8.12. The van der Waals surface area contributed by atoms with Gasteiger partial charge >= 0.3 is 0 Å². The molecular weight excluding hydrogens is 406 g/mol. The molecule has 1 aromatic heterocycles. The van der Waals surface area contributed by atoms with Crippen LogP contribution in [0.2, 0.25) is 0 Å². The number of carbonyl (C=O) groups excluding carboxylic acids is 2. The first kappa shape index (κ1) is 23.6. The summed E-state index contributed by atoms with van der Waals surface area (Å²) in [5.74, 6) is -0.711. The second-order valence-corrected chi connectivity index (χ2v) is 8.85. The van der Waals surface area contributed by atoms with E-state index in [4.69, 9.17) is 0 Å². The summed E-state index contributed by atoms with van der Waals surface area (Å²) in [5, 5.41) is 4.20. The number of sulfonamides is 1. The number of amides is 2. The third-order valence-electron chi connectivity index (χ3n) is 4.65. The Labute approximate surface area is 177 Å². The zero-order valence-corrected chi connectivity index (χ0v) is 18.6. The molecule has 0 saturated heterocycles. The number of hydrazine groups is 1. The second-order valence-electron chi connectivity index (χ2n) is 6.91. The van der Waals surface area contributed by atoms with Crippen LogP contribution in [0, 0.1) is 13.8 Å². The highest BCUT2D eigenvalue weighted by atomic mass is 32.2. The molecule has 0 unspecified atom stereocenters. The van der Waals surface area contributed by atoms with Crippen molar-refractivity contribution in [1.29, 1.82) is 0 Å². The molecule has 2 amide bonds. The summed E-state index contributed by atoms with van der Waals surface area (Å²) in [6, 6.07) is 8.37. The highest BCUT2D eigenvalue weighted by Crippen LogP contribution is 2.16. The Morgan fingerprint density at radius 3 is 2.17 bits per heavy atom. The van der Waals surface area contributed by atoms with Crippen LogP contribution < -0.4 is 10.9 Å². The van der Waals surface area contributed by atoms with Gasteiger partial charge in [0.25, 0.3) is 5.91 Å². The van der Waals surface area contributed by atoms with Crippen LogP contribution in [-0.4, -0.2) is 47.4 Å². The SMILES string of the molecule is CCN(CC)S(=O)(=O)c1ccc(CCC(=O)NNC(=O)Cn2nc(C)cc2C)cc1. The number of aryl methyl sites for hydroxylation is 3. The van der Waals surface area contributed by atoms with E-state index in [1.54, 1.807) is 42.8 Å². The van der Waals surface area contributed by atoms with E-state index in [0.29, 0.717) is 19.5 Å². The van der Waals surface area contributed by atoms with Gasteiger partial charge in [-0.3, -0.25) is 25.1 Å². The summed E-state index contributed by atoms with van der Waals surface area (Å²) in [6.07, 6.45) is 0.576. The van der Waals surface area contributed by atoms with Crippen molar-refractivity contribution in [1.82, 2.24) is 24.9 Å². The first-order chi connectivity index (χ1) is 14.2. The minimum Gasteiger partial charge on any atom is -0.273 e. The molecule has 0 fully saturated rings. The van der Waals surface area contributed by atoms with Crippen LogP contribution in [0.5, 0.6) is 0 Å².